The molecule has 31 heavy (non-hydrogen) atoms. The van der Waals surface area contributed by atoms with E-state index in [1.54, 1.807) is 12.1 Å². The van der Waals surface area contributed by atoms with Crippen LogP contribution in [0.15, 0.2) is 30.3 Å². The Labute approximate surface area is 187 Å². The smallest absolute Gasteiger partial charge is 0.295 e. The molecule has 4 rings (SSSR count). The molecule has 0 bridgehead atoms. The summed E-state index contributed by atoms with van der Waals surface area (Å²) in [6.45, 7) is 6.78. The monoisotopic (exact) mass is 425 g/mol. The van der Waals surface area contributed by atoms with Gasteiger partial charge in [0.05, 0.1) is 0 Å². The number of carbonyl (C=O) groups is 2. The molecule has 3 aliphatic rings. The van der Waals surface area contributed by atoms with Gasteiger partial charge in [-0.05, 0) is 64.1 Å². The summed E-state index contributed by atoms with van der Waals surface area (Å²) in [5.41, 5.74) is 0.506. The zero-order valence-electron chi connectivity index (χ0n) is 19.0. The van der Waals surface area contributed by atoms with Gasteiger partial charge in [-0.3, -0.25) is 9.59 Å². The zero-order chi connectivity index (χ0) is 21.5. The molecule has 3 fully saturated rings. The third-order valence-electron chi connectivity index (χ3n) is 7.52. The maximum atomic E-state index is 13.3. The number of carbonyl (C=O) groups excluding carboxylic acids is 2. The standard InChI is InChI=1S/C26H39N3O2/c30-25(23-11-3-1-4-12-23)26(31)29(19-18-27-15-7-2-8-16-27)21-22-10-9-17-28(20-22)24-13-5-6-14-24/h1,3-4,11-12,22,24H,2,5-10,13-21H2/t22-/m1/s1. The van der Waals surface area contributed by atoms with Gasteiger partial charge in [0.2, 0.25) is 5.78 Å². The lowest BCUT2D eigenvalue weighted by molar-refractivity contribution is -0.127. The third kappa shape index (κ3) is 6.17. The number of hydrogen-bond acceptors (Lipinski definition) is 4. The Kier molecular flexibility index (Phi) is 8.15. The van der Waals surface area contributed by atoms with Crippen molar-refractivity contribution >= 4 is 11.7 Å². The van der Waals surface area contributed by atoms with E-state index < -0.39 is 0 Å². The minimum atomic E-state index is -0.359. The van der Waals surface area contributed by atoms with E-state index in [4.69, 9.17) is 0 Å². The molecular weight excluding hydrogens is 386 g/mol. The van der Waals surface area contributed by atoms with Gasteiger partial charge in [0.1, 0.15) is 0 Å². The van der Waals surface area contributed by atoms with Crippen LogP contribution < -0.4 is 0 Å². The van der Waals surface area contributed by atoms with Crippen molar-refractivity contribution in [3.8, 4) is 0 Å². The SMILES string of the molecule is O=C(C(=O)N(CCN1CCCCC1)C[C@@H]1CCCN(C2CCCC2)C1)c1ccccc1. The molecule has 1 saturated carbocycles. The highest BCUT2D eigenvalue weighted by molar-refractivity contribution is 6.42. The number of Topliss-reactive ketones (excluding diaryl/α,β-unsaturated/α-hetero) is 1. The van der Waals surface area contributed by atoms with Gasteiger partial charge >= 0.3 is 0 Å². The summed E-state index contributed by atoms with van der Waals surface area (Å²) >= 11 is 0. The van der Waals surface area contributed by atoms with E-state index in [0.717, 1.165) is 38.6 Å². The van der Waals surface area contributed by atoms with Crippen molar-refractivity contribution in [1.29, 1.82) is 0 Å². The molecule has 2 heterocycles. The van der Waals surface area contributed by atoms with Gasteiger partial charge < -0.3 is 14.7 Å². The van der Waals surface area contributed by atoms with Crippen molar-refractivity contribution in [1.82, 2.24) is 14.7 Å². The number of ketones is 1. The molecule has 0 spiro atoms. The molecule has 0 aromatic heterocycles. The Morgan fingerprint density at radius 1 is 0.871 bits per heavy atom. The lowest BCUT2D eigenvalue weighted by atomic mass is 9.95. The Morgan fingerprint density at radius 3 is 2.35 bits per heavy atom. The third-order valence-corrected chi connectivity index (χ3v) is 7.52. The minimum absolute atomic E-state index is 0.318. The Morgan fingerprint density at radius 2 is 1.61 bits per heavy atom. The summed E-state index contributed by atoms with van der Waals surface area (Å²) in [7, 11) is 0. The predicted molar refractivity (Wildman–Crippen MR) is 124 cm³/mol. The van der Waals surface area contributed by atoms with Crippen LogP contribution in [0.3, 0.4) is 0 Å². The number of hydrogen-bond donors (Lipinski definition) is 0. The van der Waals surface area contributed by atoms with E-state index in [1.807, 2.05) is 23.1 Å². The average molecular weight is 426 g/mol. The van der Waals surface area contributed by atoms with Crippen LogP contribution in [0.4, 0.5) is 0 Å². The maximum absolute atomic E-state index is 13.3. The molecule has 2 aliphatic heterocycles. The van der Waals surface area contributed by atoms with Crippen LogP contribution in [0.25, 0.3) is 0 Å². The molecule has 1 aromatic carbocycles. The molecule has 5 nitrogen and oxygen atoms in total. The molecule has 0 radical (unpaired) electrons. The van der Waals surface area contributed by atoms with E-state index in [1.165, 1.54) is 57.9 Å². The summed E-state index contributed by atoms with van der Waals surface area (Å²) in [4.78, 5) is 33.2. The highest BCUT2D eigenvalue weighted by Crippen LogP contribution is 2.28. The summed E-state index contributed by atoms with van der Waals surface area (Å²) < 4.78 is 0. The van der Waals surface area contributed by atoms with Crippen LogP contribution in [0.1, 0.15) is 68.1 Å². The fourth-order valence-corrected chi connectivity index (χ4v) is 5.74. The topological polar surface area (TPSA) is 43.9 Å². The lowest BCUT2D eigenvalue weighted by Crippen LogP contribution is -2.49. The fourth-order valence-electron chi connectivity index (χ4n) is 5.74. The zero-order valence-corrected chi connectivity index (χ0v) is 19.0. The van der Waals surface area contributed by atoms with Gasteiger partial charge in [0.25, 0.3) is 5.91 Å². The molecule has 5 heteroatoms. The molecule has 0 N–H and O–H groups in total. The van der Waals surface area contributed by atoms with Crippen LogP contribution >= 0.6 is 0 Å². The second-order valence-corrected chi connectivity index (χ2v) is 9.79. The number of nitrogens with zero attached hydrogens (tertiary/aromatic N) is 3. The second-order valence-electron chi connectivity index (χ2n) is 9.79. The number of amides is 1. The summed E-state index contributed by atoms with van der Waals surface area (Å²) in [6, 6.07) is 9.80. The van der Waals surface area contributed by atoms with Gasteiger partial charge in [-0.15, -0.1) is 0 Å². The molecule has 170 valence electrons. The number of benzene rings is 1. The molecule has 1 amide bonds. The second kappa shape index (κ2) is 11.2. The summed E-state index contributed by atoms with van der Waals surface area (Å²) in [6.07, 6.45) is 11.6. The van der Waals surface area contributed by atoms with E-state index >= 15 is 0 Å². The van der Waals surface area contributed by atoms with Crippen LogP contribution in [-0.2, 0) is 4.79 Å². The molecule has 1 aromatic rings. The van der Waals surface area contributed by atoms with Crippen molar-refractivity contribution in [2.75, 3.05) is 45.8 Å². The van der Waals surface area contributed by atoms with Crippen molar-refractivity contribution in [2.24, 2.45) is 5.92 Å². The average Bonchev–Trinajstić information content (AvgIpc) is 3.37. The van der Waals surface area contributed by atoms with Crippen LogP contribution in [-0.4, -0.2) is 78.2 Å². The summed E-state index contributed by atoms with van der Waals surface area (Å²) in [5, 5.41) is 0. The van der Waals surface area contributed by atoms with Crippen molar-refractivity contribution in [3.63, 3.8) is 0 Å². The first-order chi connectivity index (χ1) is 15.2. The molecule has 1 aliphatic carbocycles. The fraction of sp³-hybridized carbons (Fsp3) is 0.692. The van der Waals surface area contributed by atoms with Crippen molar-refractivity contribution in [2.45, 2.75) is 63.8 Å². The Balaban J connectivity index is 1.40. The first kappa shape index (κ1) is 22.5. The maximum Gasteiger partial charge on any atom is 0.295 e. The van der Waals surface area contributed by atoms with Gasteiger partial charge in [-0.25, -0.2) is 0 Å². The van der Waals surface area contributed by atoms with Gasteiger partial charge in [-0.2, -0.15) is 0 Å². The van der Waals surface area contributed by atoms with E-state index in [0.29, 0.717) is 24.6 Å². The van der Waals surface area contributed by atoms with Crippen molar-refractivity contribution in [3.05, 3.63) is 35.9 Å². The highest BCUT2D eigenvalue weighted by atomic mass is 16.2. The number of piperidine rings is 2. The predicted octanol–water partition coefficient (Wildman–Crippen LogP) is 3.84. The molecular formula is C26H39N3O2. The number of likely N-dealkylation sites (tertiary alicyclic amines) is 2. The summed E-state index contributed by atoms with van der Waals surface area (Å²) in [5.74, 6) is -0.202. The minimum Gasteiger partial charge on any atom is -0.334 e. The van der Waals surface area contributed by atoms with Gasteiger partial charge in [0.15, 0.2) is 0 Å². The Hall–Kier alpha value is -1.72. The van der Waals surface area contributed by atoms with E-state index in [2.05, 4.69) is 9.80 Å². The van der Waals surface area contributed by atoms with Crippen LogP contribution in [0.5, 0.6) is 0 Å². The van der Waals surface area contributed by atoms with E-state index in [9.17, 15) is 9.59 Å². The van der Waals surface area contributed by atoms with E-state index in [-0.39, 0.29) is 11.7 Å². The highest BCUT2D eigenvalue weighted by Gasteiger charge is 2.31. The Bertz CT molecular complexity index is 711. The largest absolute Gasteiger partial charge is 0.334 e. The molecule has 0 unspecified atom stereocenters. The molecule has 1 atom stereocenters. The van der Waals surface area contributed by atoms with Crippen molar-refractivity contribution < 1.29 is 9.59 Å². The molecule has 2 saturated heterocycles. The van der Waals surface area contributed by atoms with Crippen LogP contribution in [0.2, 0.25) is 0 Å². The lowest BCUT2D eigenvalue weighted by Gasteiger charge is -2.39. The normalized spacial score (nSPS) is 23.7. The quantitative estimate of drug-likeness (QED) is 0.469. The van der Waals surface area contributed by atoms with Gasteiger partial charge in [-0.1, -0.05) is 49.6 Å². The first-order valence-electron chi connectivity index (χ1n) is 12.6. The van der Waals surface area contributed by atoms with Crippen LogP contribution in [0, 0.1) is 5.92 Å². The van der Waals surface area contributed by atoms with Gasteiger partial charge in [0, 0.05) is 37.8 Å². The number of rotatable bonds is 8. The first-order valence-corrected chi connectivity index (χ1v) is 12.6.